The number of esters is 1. The average Bonchev–Trinajstić information content (AvgIpc) is 2.90. The minimum Gasteiger partial charge on any atom is -0.438 e. The Balaban J connectivity index is 1.50. The van der Waals surface area contributed by atoms with Crippen LogP contribution in [-0.4, -0.2) is 28.1 Å². The van der Waals surface area contributed by atoms with Crippen LogP contribution in [-0.2, 0) is 15.7 Å². The molecule has 11 heteroatoms. The van der Waals surface area contributed by atoms with Crippen LogP contribution in [0.1, 0.15) is 55.5 Å². The van der Waals surface area contributed by atoms with Crippen LogP contribution in [0.4, 0.5) is 23.2 Å². The highest BCUT2D eigenvalue weighted by molar-refractivity contribution is 6.06. The summed E-state index contributed by atoms with van der Waals surface area (Å²) in [6.07, 6.45) is -0.219. The van der Waals surface area contributed by atoms with Gasteiger partial charge in [-0.3, -0.25) is 14.7 Å². The number of pyridine rings is 2. The van der Waals surface area contributed by atoms with Crippen LogP contribution < -0.4 is 9.64 Å². The second-order valence-corrected chi connectivity index (χ2v) is 9.86. The molecule has 2 aromatic heterocycles. The predicted molar refractivity (Wildman–Crippen MR) is 132 cm³/mol. The predicted octanol–water partition coefficient (Wildman–Crippen LogP) is 6.77. The van der Waals surface area contributed by atoms with Crippen LogP contribution in [0.3, 0.4) is 0 Å². The van der Waals surface area contributed by atoms with Gasteiger partial charge in [0.2, 0.25) is 11.8 Å². The zero-order chi connectivity index (χ0) is 27.9. The number of halogens is 4. The second-order valence-electron chi connectivity index (χ2n) is 9.86. The molecule has 7 nitrogen and oxygen atoms in total. The zero-order valence-electron chi connectivity index (χ0n) is 21.2. The summed E-state index contributed by atoms with van der Waals surface area (Å²) >= 11 is 0. The molecule has 3 heterocycles. The number of hydrogen-bond acceptors (Lipinski definition) is 6. The van der Waals surface area contributed by atoms with Crippen molar-refractivity contribution in [2.75, 3.05) is 4.90 Å². The largest absolute Gasteiger partial charge is 0.438 e. The maximum Gasteiger partial charge on any atom is 0.421 e. The maximum absolute atomic E-state index is 15.3. The molecule has 1 aliphatic heterocycles. The normalized spacial score (nSPS) is 21.2. The highest BCUT2D eigenvalue weighted by Gasteiger charge is 2.40. The highest BCUT2D eigenvalue weighted by Crippen LogP contribution is 2.42. The summed E-state index contributed by atoms with van der Waals surface area (Å²) in [5.41, 5.74) is -1.11. The van der Waals surface area contributed by atoms with E-state index in [9.17, 15) is 22.8 Å². The van der Waals surface area contributed by atoms with Gasteiger partial charge in [0.25, 0.3) is 0 Å². The van der Waals surface area contributed by atoms with Gasteiger partial charge in [-0.2, -0.15) is 13.2 Å². The first-order chi connectivity index (χ1) is 18.5. The number of anilines is 1. The van der Waals surface area contributed by atoms with Gasteiger partial charge in [-0.25, -0.2) is 14.2 Å². The van der Waals surface area contributed by atoms with Crippen LogP contribution in [0.2, 0.25) is 0 Å². The van der Waals surface area contributed by atoms with Crippen molar-refractivity contribution in [2.24, 2.45) is 11.8 Å². The van der Waals surface area contributed by atoms with Gasteiger partial charge in [0.1, 0.15) is 5.56 Å². The number of aromatic nitrogens is 2. The molecule has 5 rings (SSSR count). The summed E-state index contributed by atoms with van der Waals surface area (Å²) in [6.45, 7) is 3.62. The fraction of sp³-hybridized carbons (Fsp3) is 0.357. The summed E-state index contributed by atoms with van der Waals surface area (Å²) in [5, 5.41) is 0. The molecule has 0 bridgehead atoms. The molecule has 3 aromatic rings. The Bertz CT molecular complexity index is 1410. The van der Waals surface area contributed by atoms with Crippen molar-refractivity contribution in [1.29, 1.82) is 0 Å². The minimum atomic E-state index is -4.88. The first kappa shape index (κ1) is 26.6. The Morgan fingerprint density at radius 2 is 1.82 bits per heavy atom. The van der Waals surface area contributed by atoms with E-state index in [1.807, 2.05) is 0 Å². The van der Waals surface area contributed by atoms with E-state index in [1.54, 1.807) is 12.1 Å². The number of carbonyl (C=O) groups excluding carboxylic acids is 2. The Morgan fingerprint density at radius 3 is 2.49 bits per heavy atom. The third-order valence-corrected chi connectivity index (χ3v) is 7.10. The second kappa shape index (κ2) is 10.3. The summed E-state index contributed by atoms with van der Waals surface area (Å²) in [5.74, 6) is -3.56. The molecule has 1 atom stereocenters. The zero-order valence-corrected chi connectivity index (χ0v) is 21.2. The van der Waals surface area contributed by atoms with Crippen LogP contribution in [0, 0.1) is 17.7 Å². The van der Waals surface area contributed by atoms with Gasteiger partial charge in [-0.15, -0.1) is 0 Å². The first-order valence-electron chi connectivity index (χ1n) is 12.6. The summed E-state index contributed by atoms with van der Waals surface area (Å²) in [4.78, 5) is 35.1. The number of cyclic esters (lactones) is 1. The van der Waals surface area contributed by atoms with Gasteiger partial charge in [-0.05, 0) is 56.7 Å². The van der Waals surface area contributed by atoms with E-state index in [-0.39, 0.29) is 34.3 Å². The molecular formula is C28H25F4N3O4. The number of amides is 1. The molecule has 204 valence electrons. The molecule has 1 aliphatic carbocycles. The van der Waals surface area contributed by atoms with E-state index in [1.165, 1.54) is 24.1 Å². The van der Waals surface area contributed by atoms with Gasteiger partial charge >= 0.3 is 12.1 Å². The number of hydrogen-bond donors (Lipinski definition) is 0. The van der Waals surface area contributed by atoms with Crippen LogP contribution in [0.15, 0.2) is 48.8 Å². The fourth-order valence-corrected chi connectivity index (χ4v) is 4.97. The number of ether oxygens (including phenoxy) is 2. The third kappa shape index (κ3) is 5.30. The maximum atomic E-state index is 15.3. The van der Waals surface area contributed by atoms with Gasteiger partial charge in [0.15, 0.2) is 17.8 Å². The number of fused-ring (bicyclic) bond motifs is 1. The molecule has 1 fully saturated rings. The van der Waals surface area contributed by atoms with Crippen molar-refractivity contribution in [2.45, 2.75) is 51.9 Å². The minimum absolute atomic E-state index is 0.0123. The van der Waals surface area contributed by atoms with Crippen LogP contribution in [0.5, 0.6) is 11.6 Å². The molecule has 2 aliphatic rings. The number of alkyl halides is 3. The molecule has 1 aromatic carbocycles. The first-order valence-corrected chi connectivity index (χ1v) is 12.6. The third-order valence-electron chi connectivity index (χ3n) is 7.10. The highest BCUT2D eigenvalue weighted by atomic mass is 19.4. The summed E-state index contributed by atoms with van der Waals surface area (Å²) in [7, 11) is 0. The molecule has 1 unspecified atom stereocenters. The lowest BCUT2D eigenvalue weighted by Crippen LogP contribution is -2.48. The van der Waals surface area contributed by atoms with Gasteiger partial charge < -0.3 is 9.47 Å². The van der Waals surface area contributed by atoms with Crippen molar-refractivity contribution in [3.63, 3.8) is 0 Å². The van der Waals surface area contributed by atoms with Gasteiger partial charge in [0, 0.05) is 36.0 Å². The quantitative estimate of drug-likeness (QED) is 0.267. The van der Waals surface area contributed by atoms with Gasteiger partial charge in [-0.1, -0.05) is 13.0 Å². The summed E-state index contributed by atoms with van der Waals surface area (Å²) in [6, 6.07) is 7.42. The topological polar surface area (TPSA) is 81.6 Å². The number of rotatable bonds is 4. The van der Waals surface area contributed by atoms with E-state index in [2.05, 4.69) is 16.9 Å². The lowest BCUT2D eigenvalue weighted by molar-refractivity contribution is -0.138. The van der Waals surface area contributed by atoms with Crippen LogP contribution >= 0.6 is 0 Å². The van der Waals surface area contributed by atoms with Gasteiger partial charge in [0.05, 0.1) is 16.9 Å². The Labute approximate surface area is 221 Å². The molecule has 0 radical (unpaired) electrons. The average molecular weight is 544 g/mol. The molecule has 39 heavy (non-hydrogen) atoms. The number of carbonyl (C=O) groups is 2. The van der Waals surface area contributed by atoms with Crippen molar-refractivity contribution >= 4 is 17.6 Å². The fourth-order valence-electron chi connectivity index (χ4n) is 4.97. The van der Waals surface area contributed by atoms with E-state index in [4.69, 9.17) is 9.47 Å². The molecule has 0 spiro atoms. The van der Waals surface area contributed by atoms with Crippen molar-refractivity contribution < 1.29 is 36.6 Å². The molecule has 1 saturated carbocycles. The van der Waals surface area contributed by atoms with Crippen molar-refractivity contribution in [1.82, 2.24) is 9.97 Å². The van der Waals surface area contributed by atoms with Crippen LogP contribution in [0.25, 0.3) is 11.3 Å². The van der Waals surface area contributed by atoms with E-state index in [0.29, 0.717) is 18.8 Å². The van der Waals surface area contributed by atoms with E-state index >= 15 is 4.39 Å². The molecule has 1 amide bonds. The lowest BCUT2D eigenvalue weighted by atomic mass is 9.82. The lowest BCUT2D eigenvalue weighted by Gasteiger charge is -2.37. The monoisotopic (exact) mass is 543 g/mol. The van der Waals surface area contributed by atoms with E-state index < -0.39 is 41.4 Å². The molecule has 0 saturated heterocycles. The smallest absolute Gasteiger partial charge is 0.421 e. The Kier molecular flexibility index (Phi) is 7.00. The molecular weight excluding hydrogens is 518 g/mol. The molecule has 0 N–H and O–H groups in total. The Hall–Kier alpha value is -4.02. The Morgan fingerprint density at radius 1 is 1.08 bits per heavy atom. The van der Waals surface area contributed by atoms with Crippen molar-refractivity contribution in [3.8, 4) is 22.9 Å². The SMILES string of the molecule is CC1OC(=O)c2cc(Oc3ncc(-c4ccccn4)cc3C(F)(F)F)c(F)cc2N1C(=O)[C@H]1CC[C@H](C)CC1. The standard InChI is InChI=1S/C28H25F4N3O4/c1-15-6-8-17(9-7-15)26(36)35-16(2)38-27(37)19-12-24(21(29)13-23(19)35)39-25-20(28(30,31)32)11-18(14-34-25)22-5-3-4-10-33-22/h3-5,10-17H,6-9H2,1-2H3/t15-,16?,17-. The number of benzene rings is 1. The summed E-state index contributed by atoms with van der Waals surface area (Å²) < 4.78 is 67.6. The van der Waals surface area contributed by atoms with Crippen molar-refractivity contribution in [3.05, 3.63) is 65.7 Å². The van der Waals surface area contributed by atoms with E-state index in [0.717, 1.165) is 37.2 Å². The number of nitrogens with zero attached hydrogens (tertiary/aromatic N) is 3.